The molecule has 25 heavy (non-hydrogen) atoms. The molecular formula is C21H22N2O2. The maximum Gasteiger partial charge on any atom is 0.273 e. The van der Waals surface area contributed by atoms with E-state index < -0.39 is 0 Å². The van der Waals surface area contributed by atoms with Gasteiger partial charge in [0.15, 0.2) is 5.69 Å². The summed E-state index contributed by atoms with van der Waals surface area (Å²) in [5.41, 5.74) is 3.67. The van der Waals surface area contributed by atoms with Gasteiger partial charge in [-0.3, -0.25) is 4.79 Å². The molecule has 0 spiro atoms. The van der Waals surface area contributed by atoms with Crippen LogP contribution in [-0.2, 0) is 12.8 Å². The third-order valence-corrected chi connectivity index (χ3v) is 4.16. The van der Waals surface area contributed by atoms with Crippen LogP contribution in [-0.4, -0.2) is 17.4 Å². The number of aromatic nitrogens is 1. The summed E-state index contributed by atoms with van der Waals surface area (Å²) in [6.45, 7) is 4.45. The first kappa shape index (κ1) is 17.0. The number of carbonyl (C=O) groups excluding carboxylic acids is 1. The highest BCUT2D eigenvalue weighted by atomic mass is 16.4. The predicted octanol–water partition coefficient (Wildman–Crippen LogP) is 4.18. The highest BCUT2D eigenvalue weighted by Gasteiger charge is 2.17. The zero-order valence-electron chi connectivity index (χ0n) is 14.6. The number of rotatable bonds is 6. The fourth-order valence-electron chi connectivity index (χ4n) is 2.66. The number of benzene rings is 2. The van der Waals surface area contributed by atoms with Gasteiger partial charge in [0.05, 0.1) is 0 Å². The molecule has 0 saturated heterocycles. The number of nitrogens with zero attached hydrogens (tertiary/aromatic N) is 1. The van der Waals surface area contributed by atoms with E-state index in [0.717, 1.165) is 18.4 Å². The van der Waals surface area contributed by atoms with Gasteiger partial charge in [0, 0.05) is 12.1 Å². The second-order valence-electron chi connectivity index (χ2n) is 5.97. The maximum absolute atomic E-state index is 12.4. The molecule has 0 radical (unpaired) electrons. The van der Waals surface area contributed by atoms with E-state index in [0.29, 0.717) is 23.9 Å². The third kappa shape index (κ3) is 4.15. The molecule has 1 heterocycles. The lowest BCUT2D eigenvalue weighted by molar-refractivity contribution is 0.0948. The first-order valence-corrected chi connectivity index (χ1v) is 8.56. The number of carbonyl (C=O) groups is 1. The molecule has 0 aliphatic heterocycles. The lowest BCUT2D eigenvalue weighted by Crippen LogP contribution is -2.26. The molecule has 0 aliphatic carbocycles. The molecule has 1 amide bonds. The second-order valence-corrected chi connectivity index (χ2v) is 5.97. The molecule has 128 valence electrons. The van der Waals surface area contributed by atoms with Crippen molar-refractivity contribution in [1.82, 2.24) is 10.3 Å². The van der Waals surface area contributed by atoms with Gasteiger partial charge in [-0.25, -0.2) is 4.98 Å². The van der Waals surface area contributed by atoms with Crippen molar-refractivity contribution in [3.63, 3.8) is 0 Å². The van der Waals surface area contributed by atoms with E-state index in [1.807, 2.05) is 42.5 Å². The van der Waals surface area contributed by atoms with Gasteiger partial charge in [-0.15, -0.1) is 0 Å². The maximum atomic E-state index is 12.4. The largest absolute Gasteiger partial charge is 0.441 e. The molecule has 1 N–H and O–H groups in total. The number of hydrogen-bond donors (Lipinski definition) is 1. The second kappa shape index (κ2) is 7.79. The molecule has 0 aliphatic rings. The summed E-state index contributed by atoms with van der Waals surface area (Å²) in [4.78, 5) is 16.7. The first-order valence-electron chi connectivity index (χ1n) is 8.56. The lowest BCUT2D eigenvalue weighted by Gasteiger charge is -2.03. The minimum atomic E-state index is -0.200. The number of oxazole rings is 1. The normalized spacial score (nSPS) is 10.6. The molecule has 4 nitrogen and oxygen atoms in total. The molecule has 3 aromatic rings. The zero-order valence-corrected chi connectivity index (χ0v) is 14.6. The van der Waals surface area contributed by atoms with Crippen molar-refractivity contribution in [2.24, 2.45) is 0 Å². The van der Waals surface area contributed by atoms with Gasteiger partial charge >= 0.3 is 0 Å². The van der Waals surface area contributed by atoms with E-state index in [1.165, 1.54) is 11.1 Å². The standard InChI is InChI=1S/C21H22N2O2/c1-3-16-9-11-18(12-10-16)21-23-19(15(2)25-21)20(24)22-14-13-17-7-5-4-6-8-17/h4-12H,3,13-14H2,1-2H3,(H,22,24). The summed E-state index contributed by atoms with van der Waals surface area (Å²) in [6, 6.07) is 18.1. The Morgan fingerprint density at radius 2 is 1.76 bits per heavy atom. The summed E-state index contributed by atoms with van der Waals surface area (Å²) in [6.07, 6.45) is 1.77. The van der Waals surface area contributed by atoms with Crippen molar-refractivity contribution in [3.05, 3.63) is 77.2 Å². The Bertz CT molecular complexity index is 836. The van der Waals surface area contributed by atoms with Crippen LogP contribution in [0.25, 0.3) is 11.5 Å². The highest BCUT2D eigenvalue weighted by molar-refractivity contribution is 5.93. The summed E-state index contributed by atoms with van der Waals surface area (Å²) in [5, 5.41) is 2.91. The SMILES string of the molecule is CCc1ccc(-c2nc(C(=O)NCCc3ccccc3)c(C)o2)cc1. The Balaban J connectivity index is 1.65. The summed E-state index contributed by atoms with van der Waals surface area (Å²) < 4.78 is 5.69. The number of amides is 1. The molecule has 0 bridgehead atoms. The fraction of sp³-hybridized carbons (Fsp3) is 0.238. The monoisotopic (exact) mass is 334 g/mol. The smallest absolute Gasteiger partial charge is 0.273 e. The van der Waals surface area contributed by atoms with Crippen molar-refractivity contribution in [3.8, 4) is 11.5 Å². The minimum Gasteiger partial charge on any atom is -0.441 e. The van der Waals surface area contributed by atoms with Gasteiger partial charge in [0.25, 0.3) is 5.91 Å². The van der Waals surface area contributed by atoms with Crippen LogP contribution in [0.15, 0.2) is 59.0 Å². The number of hydrogen-bond acceptors (Lipinski definition) is 3. The van der Waals surface area contributed by atoms with Crippen LogP contribution < -0.4 is 5.32 Å². The minimum absolute atomic E-state index is 0.200. The number of nitrogens with one attached hydrogen (secondary N) is 1. The van der Waals surface area contributed by atoms with Gasteiger partial charge in [0.2, 0.25) is 5.89 Å². The summed E-state index contributed by atoms with van der Waals surface area (Å²) in [5.74, 6) is 0.814. The van der Waals surface area contributed by atoms with Crippen LogP contribution in [0.3, 0.4) is 0 Å². The van der Waals surface area contributed by atoms with Gasteiger partial charge in [-0.1, -0.05) is 49.4 Å². The Morgan fingerprint density at radius 1 is 1.04 bits per heavy atom. The van der Waals surface area contributed by atoms with Crippen LogP contribution >= 0.6 is 0 Å². The van der Waals surface area contributed by atoms with E-state index in [2.05, 4.69) is 29.4 Å². The quantitative estimate of drug-likeness (QED) is 0.735. The van der Waals surface area contributed by atoms with E-state index >= 15 is 0 Å². The Hall–Kier alpha value is -2.88. The van der Waals surface area contributed by atoms with Crippen molar-refractivity contribution in [2.45, 2.75) is 26.7 Å². The molecule has 0 unspecified atom stereocenters. The van der Waals surface area contributed by atoms with Gasteiger partial charge in [-0.05, 0) is 43.0 Å². The Morgan fingerprint density at radius 3 is 2.44 bits per heavy atom. The molecule has 1 aromatic heterocycles. The van der Waals surface area contributed by atoms with Crippen LogP contribution in [0, 0.1) is 6.92 Å². The summed E-state index contributed by atoms with van der Waals surface area (Å²) in [7, 11) is 0. The molecule has 4 heteroatoms. The fourth-order valence-corrected chi connectivity index (χ4v) is 2.66. The topological polar surface area (TPSA) is 55.1 Å². The average molecular weight is 334 g/mol. The molecule has 0 atom stereocenters. The lowest BCUT2D eigenvalue weighted by atomic mass is 10.1. The van der Waals surface area contributed by atoms with E-state index in [4.69, 9.17) is 4.42 Å². The molecule has 0 saturated carbocycles. The Kier molecular flexibility index (Phi) is 5.29. The van der Waals surface area contributed by atoms with E-state index in [-0.39, 0.29) is 5.91 Å². The van der Waals surface area contributed by atoms with Crippen LogP contribution in [0.4, 0.5) is 0 Å². The summed E-state index contributed by atoms with van der Waals surface area (Å²) >= 11 is 0. The van der Waals surface area contributed by atoms with Crippen molar-refractivity contribution in [1.29, 1.82) is 0 Å². The van der Waals surface area contributed by atoms with Crippen LogP contribution in [0.1, 0.15) is 34.3 Å². The van der Waals surface area contributed by atoms with Gasteiger partial charge < -0.3 is 9.73 Å². The van der Waals surface area contributed by atoms with Crippen LogP contribution in [0.2, 0.25) is 0 Å². The molecule has 3 rings (SSSR count). The van der Waals surface area contributed by atoms with Crippen LogP contribution in [0.5, 0.6) is 0 Å². The molecular weight excluding hydrogens is 312 g/mol. The van der Waals surface area contributed by atoms with Crippen molar-refractivity contribution >= 4 is 5.91 Å². The Labute approximate surface area is 147 Å². The van der Waals surface area contributed by atoms with Gasteiger partial charge in [-0.2, -0.15) is 0 Å². The van der Waals surface area contributed by atoms with E-state index in [1.54, 1.807) is 6.92 Å². The van der Waals surface area contributed by atoms with Crippen molar-refractivity contribution in [2.75, 3.05) is 6.54 Å². The average Bonchev–Trinajstić information content (AvgIpc) is 3.04. The molecule has 0 fully saturated rings. The third-order valence-electron chi connectivity index (χ3n) is 4.16. The predicted molar refractivity (Wildman–Crippen MR) is 98.5 cm³/mol. The first-order chi connectivity index (χ1) is 12.2. The van der Waals surface area contributed by atoms with E-state index in [9.17, 15) is 4.79 Å². The number of aryl methyl sites for hydroxylation is 2. The van der Waals surface area contributed by atoms with Crippen molar-refractivity contribution < 1.29 is 9.21 Å². The van der Waals surface area contributed by atoms with Gasteiger partial charge in [0.1, 0.15) is 5.76 Å². The zero-order chi connectivity index (χ0) is 17.6. The molecule has 2 aromatic carbocycles. The highest BCUT2D eigenvalue weighted by Crippen LogP contribution is 2.22.